The van der Waals surface area contributed by atoms with E-state index in [4.69, 9.17) is 4.74 Å². The van der Waals surface area contributed by atoms with Gasteiger partial charge in [0.25, 0.3) is 0 Å². The highest BCUT2D eigenvalue weighted by Crippen LogP contribution is 2.23. The molecule has 1 N–H and O–H groups in total. The third-order valence-electron chi connectivity index (χ3n) is 4.54. The lowest BCUT2D eigenvalue weighted by molar-refractivity contribution is -0.126. The molecule has 0 unspecified atom stereocenters. The average molecular weight is 342 g/mol. The molecule has 1 aliphatic heterocycles. The first-order valence-corrected chi connectivity index (χ1v) is 8.80. The Morgan fingerprint density at radius 3 is 3.00 bits per heavy atom. The highest BCUT2D eigenvalue weighted by atomic mass is 16.5. The van der Waals surface area contributed by atoms with Gasteiger partial charge in [-0.3, -0.25) is 9.48 Å². The second-order valence-corrected chi connectivity index (χ2v) is 6.67. The Morgan fingerprint density at radius 1 is 1.36 bits per heavy atom. The predicted octanol–water partition coefficient (Wildman–Crippen LogP) is 1.92. The van der Waals surface area contributed by atoms with Crippen molar-refractivity contribution in [3.63, 3.8) is 0 Å². The molecule has 0 spiro atoms. The van der Waals surface area contributed by atoms with E-state index < -0.39 is 0 Å². The number of benzene rings is 1. The van der Waals surface area contributed by atoms with E-state index in [1.54, 1.807) is 4.68 Å². The number of likely N-dealkylation sites (tertiary alicyclic amines) is 1. The minimum absolute atomic E-state index is 0.104. The van der Waals surface area contributed by atoms with Gasteiger partial charge < -0.3 is 15.0 Å². The molecule has 2 aromatic rings. The van der Waals surface area contributed by atoms with Gasteiger partial charge in [-0.25, -0.2) is 0 Å². The fourth-order valence-corrected chi connectivity index (χ4v) is 3.20. The van der Waals surface area contributed by atoms with Gasteiger partial charge in [-0.1, -0.05) is 12.1 Å². The molecule has 3 rings (SSSR count). The summed E-state index contributed by atoms with van der Waals surface area (Å²) in [5.74, 6) is 1.04. The van der Waals surface area contributed by atoms with Crippen LogP contribution in [0.25, 0.3) is 11.1 Å². The van der Waals surface area contributed by atoms with Crippen LogP contribution in [0.15, 0.2) is 36.7 Å². The lowest BCUT2D eigenvalue weighted by Gasteiger charge is -2.28. The number of amides is 1. The molecule has 1 fully saturated rings. The molecule has 1 aromatic carbocycles. The van der Waals surface area contributed by atoms with E-state index in [1.165, 1.54) is 0 Å². The third-order valence-corrected chi connectivity index (χ3v) is 4.54. The number of aromatic nitrogens is 2. The lowest BCUT2D eigenvalue weighted by atomic mass is 9.98. The van der Waals surface area contributed by atoms with Crippen LogP contribution in [-0.2, 0) is 11.8 Å². The van der Waals surface area contributed by atoms with Gasteiger partial charge in [-0.15, -0.1) is 0 Å². The van der Waals surface area contributed by atoms with E-state index in [-0.39, 0.29) is 11.8 Å². The molecule has 0 radical (unpaired) electrons. The SMILES string of the molecule is CN1CCC[C@H](C(=O)NCCOc2cccc(-c3cnn(C)c3)c2)C1. The summed E-state index contributed by atoms with van der Waals surface area (Å²) in [5, 5.41) is 7.18. The maximum absolute atomic E-state index is 12.2. The minimum atomic E-state index is 0.104. The summed E-state index contributed by atoms with van der Waals surface area (Å²) in [4.78, 5) is 14.4. The monoisotopic (exact) mass is 342 g/mol. The van der Waals surface area contributed by atoms with Crippen molar-refractivity contribution in [2.24, 2.45) is 13.0 Å². The van der Waals surface area contributed by atoms with Crippen molar-refractivity contribution in [3.8, 4) is 16.9 Å². The summed E-state index contributed by atoms with van der Waals surface area (Å²) in [7, 11) is 3.97. The number of nitrogens with zero attached hydrogens (tertiary/aromatic N) is 3. The van der Waals surface area contributed by atoms with E-state index in [0.717, 1.165) is 42.8 Å². The first-order chi connectivity index (χ1) is 12.1. The summed E-state index contributed by atoms with van der Waals surface area (Å²) in [6.45, 7) is 2.92. The van der Waals surface area contributed by atoms with Gasteiger partial charge in [0.2, 0.25) is 5.91 Å². The molecule has 0 aliphatic carbocycles. The zero-order valence-corrected chi connectivity index (χ0v) is 14.9. The molecule has 6 heteroatoms. The molecule has 25 heavy (non-hydrogen) atoms. The second-order valence-electron chi connectivity index (χ2n) is 6.67. The van der Waals surface area contributed by atoms with Crippen LogP contribution >= 0.6 is 0 Å². The third kappa shape index (κ3) is 4.82. The Balaban J connectivity index is 1.45. The van der Waals surface area contributed by atoms with Crippen molar-refractivity contribution in [2.45, 2.75) is 12.8 Å². The maximum Gasteiger partial charge on any atom is 0.224 e. The fourth-order valence-electron chi connectivity index (χ4n) is 3.20. The number of hydrogen-bond acceptors (Lipinski definition) is 4. The van der Waals surface area contributed by atoms with E-state index in [9.17, 15) is 4.79 Å². The highest BCUT2D eigenvalue weighted by molar-refractivity contribution is 5.78. The number of carbonyl (C=O) groups excluding carboxylic acids is 1. The lowest BCUT2D eigenvalue weighted by Crippen LogP contribution is -2.42. The average Bonchev–Trinajstić information content (AvgIpc) is 3.05. The molecule has 1 amide bonds. The number of aryl methyl sites for hydroxylation is 1. The van der Waals surface area contributed by atoms with Crippen LogP contribution in [0.5, 0.6) is 5.75 Å². The zero-order valence-electron chi connectivity index (χ0n) is 14.9. The van der Waals surface area contributed by atoms with Gasteiger partial charge in [0.1, 0.15) is 12.4 Å². The van der Waals surface area contributed by atoms with Crippen molar-refractivity contribution in [2.75, 3.05) is 33.3 Å². The Labute approximate surface area is 148 Å². The van der Waals surface area contributed by atoms with E-state index in [0.29, 0.717) is 13.2 Å². The van der Waals surface area contributed by atoms with Crippen molar-refractivity contribution in [1.29, 1.82) is 0 Å². The van der Waals surface area contributed by atoms with Crippen molar-refractivity contribution in [1.82, 2.24) is 20.0 Å². The van der Waals surface area contributed by atoms with Crippen LogP contribution in [0.2, 0.25) is 0 Å². The molecular weight excluding hydrogens is 316 g/mol. The van der Waals surface area contributed by atoms with Crippen molar-refractivity contribution in [3.05, 3.63) is 36.7 Å². The first kappa shape index (κ1) is 17.5. The maximum atomic E-state index is 12.2. The predicted molar refractivity (Wildman–Crippen MR) is 97.4 cm³/mol. The van der Waals surface area contributed by atoms with Crippen LogP contribution in [0.4, 0.5) is 0 Å². The van der Waals surface area contributed by atoms with Gasteiger partial charge in [-0.05, 0) is 44.1 Å². The molecule has 2 heterocycles. The molecule has 1 aromatic heterocycles. The highest BCUT2D eigenvalue weighted by Gasteiger charge is 2.23. The van der Waals surface area contributed by atoms with E-state index in [2.05, 4.69) is 22.4 Å². The van der Waals surface area contributed by atoms with Crippen LogP contribution in [0, 0.1) is 5.92 Å². The Kier molecular flexibility index (Phi) is 5.71. The first-order valence-electron chi connectivity index (χ1n) is 8.80. The molecule has 0 bridgehead atoms. The van der Waals surface area contributed by atoms with E-state index >= 15 is 0 Å². The van der Waals surface area contributed by atoms with E-state index in [1.807, 2.05) is 43.7 Å². The van der Waals surface area contributed by atoms with Crippen LogP contribution in [0.3, 0.4) is 0 Å². The van der Waals surface area contributed by atoms with Gasteiger partial charge in [-0.2, -0.15) is 5.10 Å². The molecular formula is C19H26N4O2. The smallest absolute Gasteiger partial charge is 0.224 e. The van der Waals surface area contributed by atoms with Crippen molar-refractivity contribution < 1.29 is 9.53 Å². The standard InChI is InChI=1S/C19H26N4O2/c1-22-9-4-6-16(13-22)19(24)20-8-10-25-18-7-3-5-15(11-18)17-12-21-23(2)14-17/h3,5,7,11-12,14,16H,4,6,8-10,13H2,1-2H3,(H,20,24)/t16-/m0/s1. The number of piperidine rings is 1. The molecule has 134 valence electrons. The normalized spacial score (nSPS) is 18.1. The van der Waals surface area contributed by atoms with Gasteiger partial charge in [0.05, 0.1) is 18.7 Å². The number of hydrogen-bond donors (Lipinski definition) is 1. The molecule has 6 nitrogen and oxygen atoms in total. The Morgan fingerprint density at radius 2 is 2.24 bits per heavy atom. The van der Waals surface area contributed by atoms with Crippen LogP contribution < -0.4 is 10.1 Å². The Hall–Kier alpha value is -2.34. The number of rotatable bonds is 6. The topological polar surface area (TPSA) is 59.4 Å². The zero-order chi connectivity index (χ0) is 17.6. The van der Waals surface area contributed by atoms with Crippen LogP contribution in [-0.4, -0.2) is 53.9 Å². The quantitative estimate of drug-likeness (QED) is 0.815. The minimum Gasteiger partial charge on any atom is -0.492 e. The van der Waals surface area contributed by atoms with Crippen LogP contribution in [0.1, 0.15) is 12.8 Å². The Bertz CT molecular complexity index is 713. The second kappa shape index (κ2) is 8.16. The summed E-state index contributed by atoms with van der Waals surface area (Å²) >= 11 is 0. The fraction of sp³-hybridized carbons (Fsp3) is 0.474. The molecule has 0 saturated carbocycles. The number of ether oxygens (including phenoxy) is 1. The number of carbonyl (C=O) groups is 1. The largest absolute Gasteiger partial charge is 0.492 e. The molecule has 1 saturated heterocycles. The summed E-state index contributed by atoms with van der Waals surface area (Å²) in [6, 6.07) is 7.92. The van der Waals surface area contributed by atoms with Gasteiger partial charge >= 0.3 is 0 Å². The summed E-state index contributed by atoms with van der Waals surface area (Å²) in [6.07, 6.45) is 5.87. The summed E-state index contributed by atoms with van der Waals surface area (Å²) in [5.41, 5.74) is 2.13. The molecule has 1 aliphatic rings. The molecule has 1 atom stereocenters. The summed E-state index contributed by atoms with van der Waals surface area (Å²) < 4.78 is 7.56. The van der Waals surface area contributed by atoms with Gasteiger partial charge in [0, 0.05) is 25.4 Å². The number of nitrogens with one attached hydrogen (secondary N) is 1. The van der Waals surface area contributed by atoms with Crippen molar-refractivity contribution >= 4 is 5.91 Å². The van der Waals surface area contributed by atoms with Gasteiger partial charge in [0.15, 0.2) is 0 Å².